The standard InChI is InChI=1S/C30H39N7O4/c1-19(38)34(5)23-11-9-20(10-12-23)25-26-27(37(18-31-26)24-8-6-7-13-40-24)33-28(32-25)35-14-21-16-36(17-22(21)15-35)29(39)41-30(2,3)4/h9-12,18,21-22,24H,6-8,13-17H2,1-5H3. The van der Waals surface area contributed by atoms with Crippen molar-refractivity contribution < 1.29 is 19.1 Å². The summed E-state index contributed by atoms with van der Waals surface area (Å²) in [4.78, 5) is 45.1. The number of imidazole rings is 1. The van der Waals surface area contributed by atoms with Crippen molar-refractivity contribution in [2.45, 2.75) is 58.8 Å². The summed E-state index contributed by atoms with van der Waals surface area (Å²) in [5.41, 5.74) is 3.45. The van der Waals surface area contributed by atoms with Gasteiger partial charge in [0, 0.05) is 69.8 Å². The summed E-state index contributed by atoms with van der Waals surface area (Å²) >= 11 is 0. The van der Waals surface area contributed by atoms with Crippen LogP contribution in [-0.4, -0.2) is 81.9 Å². The molecule has 3 saturated heterocycles. The first-order valence-corrected chi connectivity index (χ1v) is 14.5. The van der Waals surface area contributed by atoms with Crippen molar-refractivity contribution >= 4 is 34.8 Å². The van der Waals surface area contributed by atoms with Gasteiger partial charge in [-0.15, -0.1) is 0 Å². The van der Waals surface area contributed by atoms with Gasteiger partial charge >= 0.3 is 6.09 Å². The molecule has 6 rings (SSSR count). The van der Waals surface area contributed by atoms with Crippen molar-refractivity contribution in [1.82, 2.24) is 24.4 Å². The van der Waals surface area contributed by atoms with Gasteiger partial charge in [0.25, 0.3) is 0 Å². The fourth-order valence-corrected chi connectivity index (χ4v) is 6.06. The largest absolute Gasteiger partial charge is 0.444 e. The molecule has 5 heterocycles. The number of rotatable bonds is 4. The van der Waals surface area contributed by atoms with E-state index in [1.165, 1.54) is 0 Å². The van der Waals surface area contributed by atoms with Gasteiger partial charge in [-0.3, -0.25) is 9.36 Å². The molecule has 0 aliphatic carbocycles. The number of benzene rings is 1. The molecule has 0 saturated carbocycles. The van der Waals surface area contributed by atoms with Crippen molar-refractivity contribution in [3.8, 4) is 11.3 Å². The van der Waals surface area contributed by atoms with E-state index in [-0.39, 0.29) is 18.2 Å². The number of nitrogens with zero attached hydrogens (tertiary/aromatic N) is 7. The second-order valence-corrected chi connectivity index (χ2v) is 12.5. The van der Waals surface area contributed by atoms with Crippen LogP contribution in [0.15, 0.2) is 30.6 Å². The monoisotopic (exact) mass is 561 g/mol. The summed E-state index contributed by atoms with van der Waals surface area (Å²) in [5, 5.41) is 0. The van der Waals surface area contributed by atoms with E-state index >= 15 is 0 Å². The summed E-state index contributed by atoms with van der Waals surface area (Å²) < 4.78 is 13.8. The molecule has 3 aromatic rings. The van der Waals surface area contributed by atoms with Crippen molar-refractivity contribution in [2.75, 3.05) is 49.6 Å². The van der Waals surface area contributed by atoms with Gasteiger partial charge in [0.05, 0.1) is 6.33 Å². The van der Waals surface area contributed by atoms with Gasteiger partial charge in [0.2, 0.25) is 11.9 Å². The van der Waals surface area contributed by atoms with Crippen LogP contribution in [0.4, 0.5) is 16.4 Å². The Morgan fingerprint density at radius 2 is 1.73 bits per heavy atom. The molecule has 2 amide bonds. The van der Waals surface area contributed by atoms with Gasteiger partial charge in [0.15, 0.2) is 5.65 Å². The highest BCUT2D eigenvalue weighted by molar-refractivity contribution is 5.92. The van der Waals surface area contributed by atoms with Gasteiger partial charge in [-0.25, -0.2) is 14.8 Å². The summed E-state index contributed by atoms with van der Waals surface area (Å²) in [6.07, 6.45) is 4.56. The number of aromatic nitrogens is 4. The predicted molar refractivity (Wildman–Crippen MR) is 156 cm³/mol. The van der Waals surface area contributed by atoms with Crippen molar-refractivity contribution in [1.29, 1.82) is 0 Å². The molecule has 0 N–H and O–H groups in total. The number of carbonyl (C=O) groups is 2. The quantitative estimate of drug-likeness (QED) is 0.459. The zero-order chi connectivity index (χ0) is 28.9. The van der Waals surface area contributed by atoms with Gasteiger partial charge in [-0.05, 0) is 52.2 Å². The first-order chi connectivity index (χ1) is 19.6. The Bertz CT molecular complexity index is 1430. The molecule has 0 spiro atoms. The van der Waals surface area contributed by atoms with Gasteiger partial charge in [-0.1, -0.05) is 12.1 Å². The van der Waals surface area contributed by atoms with E-state index < -0.39 is 5.60 Å². The Hall–Kier alpha value is -3.73. The normalized spacial score (nSPS) is 22.7. The predicted octanol–water partition coefficient (Wildman–Crippen LogP) is 4.48. The van der Waals surface area contributed by atoms with E-state index in [9.17, 15) is 9.59 Å². The summed E-state index contributed by atoms with van der Waals surface area (Å²) in [7, 11) is 1.76. The van der Waals surface area contributed by atoms with Crippen LogP contribution in [0.25, 0.3) is 22.4 Å². The molecule has 11 nitrogen and oxygen atoms in total. The second kappa shape index (κ2) is 10.6. The minimum Gasteiger partial charge on any atom is -0.444 e. The maximum atomic E-state index is 12.7. The molecule has 41 heavy (non-hydrogen) atoms. The molecule has 3 unspecified atom stereocenters. The van der Waals surface area contributed by atoms with E-state index in [1.807, 2.05) is 60.8 Å². The number of likely N-dealkylation sites (tertiary alicyclic amines) is 1. The van der Waals surface area contributed by atoms with Crippen LogP contribution < -0.4 is 9.80 Å². The molecule has 2 aromatic heterocycles. The highest BCUT2D eigenvalue weighted by Gasteiger charge is 2.43. The Morgan fingerprint density at radius 1 is 1.02 bits per heavy atom. The number of hydrogen-bond donors (Lipinski definition) is 0. The van der Waals surface area contributed by atoms with E-state index in [4.69, 9.17) is 24.4 Å². The molecule has 0 bridgehead atoms. The smallest absolute Gasteiger partial charge is 0.410 e. The lowest BCUT2D eigenvalue weighted by molar-refractivity contribution is -0.116. The van der Waals surface area contributed by atoms with Crippen molar-refractivity contribution in [3.05, 3.63) is 30.6 Å². The SMILES string of the molecule is CC(=O)N(C)c1ccc(-c2nc(N3CC4CN(C(=O)OC(C)(C)C)CC4C3)nc3c2ncn3C2CCCCO2)cc1. The molecule has 3 fully saturated rings. The molecular formula is C30H39N7O4. The fourth-order valence-electron chi connectivity index (χ4n) is 6.06. The average molecular weight is 562 g/mol. The molecule has 3 atom stereocenters. The number of fused-ring (bicyclic) bond motifs is 2. The fraction of sp³-hybridized carbons (Fsp3) is 0.567. The zero-order valence-corrected chi connectivity index (χ0v) is 24.5. The highest BCUT2D eigenvalue weighted by atomic mass is 16.6. The Labute approximate surface area is 240 Å². The van der Waals surface area contributed by atoms with Crippen LogP contribution in [0.2, 0.25) is 0 Å². The van der Waals surface area contributed by atoms with Crippen molar-refractivity contribution in [3.63, 3.8) is 0 Å². The minimum absolute atomic E-state index is 0.0273. The highest BCUT2D eigenvalue weighted by Crippen LogP contribution is 2.37. The Morgan fingerprint density at radius 3 is 2.34 bits per heavy atom. The molecule has 3 aliphatic rings. The number of amides is 2. The lowest BCUT2D eigenvalue weighted by Crippen LogP contribution is -2.37. The molecule has 3 aliphatic heterocycles. The van der Waals surface area contributed by atoms with Crippen molar-refractivity contribution in [2.24, 2.45) is 11.8 Å². The molecular weight excluding hydrogens is 522 g/mol. The lowest BCUT2D eigenvalue weighted by Gasteiger charge is -2.26. The van der Waals surface area contributed by atoms with Crippen LogP contribution in [0, 0.1) is 11.8 Å². The number of anilines is 2. The van der Waals surface area contributed by atoms with Crippen LogP contribution in [-0.2, 0) is 14.3 Å². The van der Waals surface area contributed by atoms with Crippen LogP contribution >= 0.6 is 0 Å². The van der Waals surface area contributed by atoms with Gasteiger partial charge in [-0.2, -0.15) is 4.98 Å². The zero-order valence-electron chi connectivity index (χ0n) is 24.5. The number of hydrogen-bond acceptors (Lipinski definition) is 8. The third-order valence-electron chi connectivity index (χ3n) is 8.30. The van der Waals surface area contributed by atoms with Crippen LogP contribution in [0.5, 0.6) is 0 Å². The third-order valence-corrected chi connectivity index (χ3v) is 8.30. The van der Waals surface area contributed by atoms with Crippen LogP contribution in [0.3, 0.4) is 0 Å². The average Bonchev–Trinajstić information content (AvgIpc) is 3.65. The summed E-state index contributed by atoms with van der Waals surface area (Å²) in [6.45, 7) is 10.8. The first-order valence-electron chi connectivity index (χ1n) is 14.5. The molecule has 1 aromatic carbocycles. The molecule has 11 heteroatoms. The Kier molecular flexibility index (Phi) is 7.09. The minimum atomic E-state index is -0.509. The van der Waals surface area contributed by atoms with E-state index in [2.05, 4.69) is 4.90 Å². The van der Waals surface area contributed by atoms with Gasteiger partial charge in [0.1, 0.15) is 23.0 Å². The first kappa shape index (κ1) is 27.4. The maximum absolute atomic E-state index is 12.7. The van der Waals surface area contributed by atoms with E-state index in [0.29, 0.717) is 30.9 Å². The topological polar surface area (TPSA) is 106 Å². The lowest BCUT2D eigenvalue weighted by atomic mass is 10.0. The summed E-state index contributed by atoms with van der Waals surface area (Å²) in [5.74, 6) is 1.30. The molecule has 218 valence electrons. The number of carbonyl (C=O) groups excluding carboxylic acids is 2. The molecule has 0 radical (unpaired) electrons. The third kappa shape index (κ3) is 5.47. The van der Waals surface area contributed by atoms with E-state index in [1.54, 1.807) is 18.9 Å². The Balaban J connectivity index is 1.31. The van der Waals surface area contributed by atoms with E-state index in [0.717, 1.165) is 67.1 Å². The summed E-state index contributed by atoms with van der Waals surface area (Å²) in [6, 6.07) is 7.82. The van der Waals surface area contributed by atoms with Gasteiger partial charge < -0.3 is 24.2 Å². The van der Waals surface area contributed by atoms with Crippen LogP contribution in [0.1, 0.15) is 53.2 Å². The second-order valence-electron chi connectivity index (χ2n) is 12.5. The number of ether oxygens (including phenoxy) is 2. The maximum Gasteiger partial charge on any atom is 0.410 e.